The summed E-state index contributed by atoms with van der Waals surface area (Å²) in [7, 11) is 3.26. The summed E-state index contributed by atoms with van der Waals surface area (Å²) >= 11 is 0. The normalized spacial score (nSPS) is 12.4. The van der Waals surface area contributed by atoms with E-state index in [4.69, 9.17) is 14.2 Å². The lowest BCUT2D eigenvalue weighted by molar-refractivity contribution is -0.144. The average molecular weight is 289 g/mol. The first-order chi connectivity index (χ1) is 9.54. The Hall–Kier alpha value is -0.980. The first-order valence-electron chi connectivity index (χ1n) is 6.94. The van der Waals surface area contributed by atoms with Gasteiger partial charge in [0.25, 0.3) is 0 Å². The van der Waals surface area contributed by atoms with Crippen LogP contribution < -0.4 is 0 Å². The van der Waals surface area contributed by atoms with Gasteiger partial charge in [-0.2, -0.15) is 0 Å². The average Bonchev–Trinajstić information content (AvgIpc) is 2.41. The molecule has 118 valence electrons. The largest absolute Gasteiger partial charge is 0.466 e. The van der Waals surface area contributed by atoms with E-state index in [2.05, 4.69) is 0 Å². The minimum atomic E-state index is -0.325. The van der Waals surface area contributed by atoms with Gasteiger partial charge in [-0.3, -0.25) is 14.5 Å². The third-order valence-electron chi connectivity index (χ3n) is 2.91. The van der Waals surface area contributed by atoms with Crippen LogP contribution in [0.1, 0.15) is 26.7 Å². The molecule has 0 aromatic rings. The number of esters is 1. The summed E-state index contributed by atoms with van der Waals surface area (Å²) in [6, 6.07) is 0.127. The molecule has 6 heteroatoms. The predicted molar refractivity (Wildman–Crippen MR) is 75.7 cm³/mol. The van der Waals surface area contributed by atoms with Crippen LogP contribution in [0.5, 0.6) is 0 Å². The van der Waals surface area contributed by atoms with Crippen LogP contribution in [-0.4, -0.2) is 69.8 Å². The maximum Gasteiger partial charge on any atom is 0.306 e. The molecular formula is C14H27NO5. The molecule has 1 unspecified atom stereocenters. The highest BCUT2D eigenvalue weighted by Gasteiger charge is 2.17. The lowest BCUT2D eigenvalue weighted by Gasteiger charge is -2.27. The first kappa shape index (κ1) is 19.0. The molecule has 6 nitrogen and oxygen atoms in total. The molecule has 0 fully saturated rings. The minimum Gasteiger partial charge on any atom is -0.466 e. The van der Waals surface area contributed by atoms with E-state index in [0.717, 1.165) is 0 Å². The van der Waals surface area contributed by atoms with Crippen LogP contribution in [0.15, 0.2) is 0 Å². The molecule has 0 aromatic carbocycles. The highest BCUT2D eigenvalue weighted by atomic mass is 16.5. The zero-order valence-corrected chi connectivity index (χ0v) is 13.0. The second-order valence-electron chi connectivity index (χ2n) is 4.61. The Morgan fingerprint density at radius 2 is 1.85 bits per heavy atom. The van der Waals surface area contributed by atoms with E-state index in [1.807, 2.05) is 11.8 Å². The van der Waals surface area contributed by atoms with E-state index in [1.165, 1.54) is 0 Å². The molecule has 20 heavy (non-hydrogen) atoms. The number of ketones is 1. The van der Waals surface area contributed by atoms with Crippen LogP contribution in [0.2, 0.25) is 0 Å². The van der Waals surface area contributed by atoms with Crippen LogP contribution in [-0.2, 0) is 23.8 Å². The van der Waals surface area contributed by atoms with Crippen molar-refractivity contribution >= 4 is 11.8 Å². The van der Waals surface area contributed by atoms with Crippen molar-refractivity contribution in [2.75, 3.05) is 47.1 Å². The molecular weight excluding hydrogens is 262 g/mol. The van der Waals surface area contributed by atoms with Gasteiger partial charge in [-0.15, -0.1) is 0 Å². The summed E-state index contributed by atoms with van der Waals surface area (Å²) in [5.41, 5.74) is 0. The molecule has 0 aliphatic carbocycles. The number of Topliss-reactive ketones (excluding diaryl/α,β-unsaturated/α-hetero) is 1. The number of hydrogen-bond donors (Lipinski definition) is 0. The fraction of sp³-hybridized carbons (Fsp3) is 0.857. The summed E-state index contributed by atoms with van der Waals surface area (Å²) in [4.78, 5) is 25.1. The van der Waals surface area contributed by atoms with E-state index < -0.39 is 0 Å². The molecule has 0 aliphatic rings. The zero-order valence-electron chi connectivity index (χ0n) is 13.0. The maximum atomic E-state index is 11.9. The van der Waals surface area contributed by atoms with E-state index in [-0.39, 0.29) is 30.6 Å². The molecule has 0 aromatic heterocycles. The SMILES string of the molecule is CCOC(=O)CCC(=O)CN(CCOC)C(C)COC. The highest BCUT2D eigenvalue weighted by Crippen LogP contribution is 2.03. The number of nitrogens with zero attached hydrogens (tertiary/aromatic N) is 1. The predicted octanol–water partition coefficient (Wildman–Crippen LogP) is 0.882. The van der Waals surface area contributed by atoms with Gasteiger partial charge in [0, 0.05) is 33.2 Å². The zero-order chi connectivity index (χ0) is 15.4. The van der Waals surface area contributed by atoms with E-state index in [0.29, 0.717) is 32.9 Å². The monoisotopic (exact) mass is 289 g/mol. The van der Waals surface area contributed by atoms with Gasteiger partial charge < -0.3 is 14.2 Å². The van der Waals surface area contributed by atoms with Gasteiger partial charge in [0.15, 0.2) is 0 Å². The van der Waals surface area contributed by atoms with Crippen molar-refractivity contribution in [2.24, 2.45) is 0 Å². The topological polar surface area (TPSA) is 65.1 Å². The molecule has 0 aliphatic heterocycles. The van der Waals surface area contributed by atoms with Crippen LogP contribution in [0.3, 0.4) is 0 Å². The molecule has 0 bridgehead atoms. The Labute approximate surface area is 121 Å². The molecule has 0 rings (SSSR count). The Morgan fingerprint density at radius 1 is 1.15 bits per heavy atom. The smallest absolute Gasteiger partial charge is 0.306 e. The molecule has 0 spiro atoms. The van der Waals surface area contributed by atoms with Gasteiger partial charge in [-0.25, -0.2) is 0 Å². The van der Waals surface area contributed by atoms with Crippen LogP contribution in [0, 0.1) is 0 Å². The van der Waals surface area contributed by atoms with Crippen molar-refractivity contribution in [1.29, 1.82) is 0 Å². The van der Waals surface area contributed by atoms with Gasteiger partial charge in [0.05, 0.1) is 32.8 Å². The highest BCUT2D eigenvalue weighted by molar-refractivity contribution is 5.84. The van der Waals surface area contributed by atoms with Crippen molar-refractivity contribution in [1.82, 2.24) is 4.90 Å². The number of rotatable bonds is 12. The fourth-order valence-electron chi connectivity index (χ4n) is 1.79. The molecule has 0 heterocycles. The lowest BCUT2D eigenvalue weighted by Crippen LogP contribution is -2.41. The Kier molecular flexibility index (Phi) is 11.2. The van der Waals surface area contributed by atoms with Gasteiger partial charge in [0.2, 0.25) is 0 Å². The minimum absolute atomic E-state index is 0.0251. The van der Waals surface area contributed by atoms with Crippen molar-refractivity contribution in [2.45, 2.75) is 32.7 Å². The van der Waals surface area contributed by atoms with Crippen molar-refractivity contribution in [3.8, 4) is 0 Å². The lowest BCUT2D eigenvalue weighted by atomic mass is 10.2. The summed E-state index contributed by atoms with van der Waals surface area (Å²) in [6.45, 7) is 6.15. The molecule has 0 amide bonds. The Bertz CT molecular complexity index is 283. The Balaban J connectivity index is 4.19. The van der Waals surface area contributed by atoms with E-state index in [9.17, 15) is 9.59 Å². The summed E-state index contributed by atoms with van der Waals surface area (Å²) in [5, 5.41) is 0. The second-order valence-corrected chi connectivity index (χ2v) is 4.61. The Morgan fingerprint density at radius 3 is 2.40 bits per heavy atom. The molecule has 0 N–H and O–H groups in total. The van der Waals surface area contributed by atoms with Crippen LogP contribution in [0.4, 0.5) is 0 Å². The summed E-state index contributed by atoms with van der Waals surface area (Å²) < 4.78 is 15.0. The van der Waals surface area contributed by atoms with Crippen molar-refractivity contribution in [3.05, 3.63) is 0 Å². The van der Waals surface area contributed by atoms with Gasteiger partial charge in [0.1, 0.15) is 5.78 Å². The molecule has 0 saturated carbocycles. The first-order valence-corrected chi connectivity index (χ1v) is 6.94. The van der Waals surface area contributed by atoms with Crippen LogP contribution >= 0.6 is 0 Å². The number of ether oxygens (including phenoxy) is 3. The van der Waals surface area contributed by atoms with Gasteiger partial charge in [-0.1, -0.05) is 0 Å². The van der Waals surface area contributed by atoms with Crippen molar-refractivity contribution < 1.29 is 23.8 Å². The van der Waals surface area contributed by atoms with Gasteiger partial charge >= 0.3 is 5.97 Å². The summed E-state index contributed by atoms with van der Waals surface area (Å²) in [6.07, 6.45) is 0.353. The summed E-state index contributed by atoms with van der Waals surface area (Å²) in [5.74, 6) is -0.300. The third kappa shape index (κ3) is 9.01. The standard InChI is InChI=1S/C14H27NO5/c1-5-20-14(17)7-6-13(16)10-15(8-9-18-3)12(2)11-19-4/h12H,5-11H2,1-4H3. The maximum absolute atomic E-state index is 11.9. The van der Waals surface area contributed by atoms with Gasteiger partial charge in [-0.05, 0) is 13.8 Å². The van der Waals surface area contributed by atoms with Crippen molar-refractivity contribution in [3.63, 3.8) is 0 Å². The number of carbonyl (C=O) groups excluding carboxylic acids is 2. The molecule has 0 radical (unpaired) electrons. The second kappa shape index (κ2) is 11.8. The van der Waals surface area contributed by atoms with Crippen LogP contribution in [0.25, 0.3) is 0 Å². The van der Waals surface area contributed by atoms with E-state index in [1.54, 1.807) is 21.1 Å². The fourth-order valence-corrected chi connectivity index (χ4v) is 1.79. The number of methoxy groups -OCH3 is 2. The quantitative estimate of drug-likeness (QED) is 0.497. The number of hydrogen-bond acceptors (Lipinski definition) is 6. The molecule has 1 atom stereocenters. The number of carbonyl (C=O) groups is 2. The third-order valence-corrected chi connectivity index (χ3v) is 2.91. The van der Waals surface area contributed by atoms with E-state index >= 15 is 0 Å². The molecule has 0 saturated heterocycles.